The van der Waals surface area contributed by atoms with Gasteiger partial charge >= 0.3 is 0 Å². The summed E-state index contributed by atoms with van der Waals surface area (Å²) in [4.78, 5) is 0. The number of imidazole rings is 1. The van der Waals surface area contributed by atoms with Crippen LogP contribution in [0.15, 0.2) is 12.4 Å². The van der Waals surface area contributed by atoms with Gasteiger partial charge in [0, 0.05) is 6.42 Å². The molecule has 0 aliphatic heterocycles. The van der Waals surface area contributed by atoms with Crippen LogP contribution in [0.25, 0.3) is 0 Å². The molecule has 1 heterocycles. The maximum atomic E-state index is 2.59. The zero-order valence-corrected chi connectivity index (χ0v) is 26.1. The van der Waals surface area contributed by atoms with Crippen molar-refractivity contribution in [2.75, 3.05) is 0 Å². The second-order valence-corrected chi connectivity index (χ2v) is 12.0. The zero-order valence-electron chi connectivity index (χ0n) is 26.1. The fraction of sp³-hybridized carbons (Fsp3) is 0.914. The Morgan fingerprint density at radius 1 is 0.459 bits per heavy atom. The normalized spacial score (nSPS) is 11.5. The van der Waals surface area contributed by atoms with Crippen molar-refractivity contribution in [3.05, 3.63) is 18.2 Å². The lowest BCUT2D eigenvalue weighted by molar-refractivity contribution is -0.704. The summed E-state index contributed by atoms with van der Waals surface area (Å²) in [5.74, 6) is 1.60. The minimum Gasteiger partial charge on any atom is -0.234 e. The van der Waals surface area contributed by atoms with E-state index >= 15 is 0 Å². The third kappa shape index (κ3) is 19.9. The Balaban J connectivity index is 2.07. The molecule has 218 valence electrons. The van der Waals surface area contributed by atoms with Crippen LogP contribution in [0, 0.1) is 0 Å². The Kier molecular flexibility index (Phi) is 24.8. The van der Waals surface area contributed by atoms with Crippen LogP contribution in [0.3, 0.4) is 0 Å². The summed E-state index contributed by atoms with van der Waals surface area (Å²) in [7, 11) is 0. The molecule has 0 saturated heterocycles. The minimum absolute atomic E-state index is 1.20. The zero-order chi connectivity index (χ0) is 26.7. The summed E-state index contributed by atoms with van der Waals surface area (Å²) >= 11 is 0. The largest absolute Gasteiger partial charge is 0.256 e. The fourth-order valence-electron chi connectivity index (χ4n) is 5.77. The van der Waals surface area contributed by atoms with Gasteiger partial charge < -0.3 is 0 Å². The lowest BCUT2D eigenvalue weighted by Gasteiger charge is -2.06. The molecule has 0 aliphatic rings. The smallest absolute Gasteiger partial charge is 0.234 e. The molecule has 1 rings (SSSR count). The Hall–Kier alpha value is -0.790. The summed E-state index contributed by atoms with van der Waals surface area (Å²) in [5, 5.41) is 0. The van der Waals surface area contributed by atoms with Gasteiger partial charge in [0.2, 0.25) is 0 Å². The third-order valence-electron chi connectivity index (χ3n) is 8.35. The molecule has 37 heavy (non-hydrogen) atoms. The van der Waals surface area contributed by atoms with Crippen molar-refractivity contribution in [3.63, 3.8) is 0 Å². The number of hydrogen-bond donors (Lipinski definition) is 0. The highest BCUT2D eigenvalue weighted by atomic mass is 15.1. The highest BCUT2D eigenvalue weighted by Gasteiger charge is 2.16. The van der Waals surface area contributed by atoms with Gasteiger partial charge in [-0.3, -0.25) is 0 Å². The first-order valence-electron chi connectivity index (χ1n) is 17.4. The van der Waals surface area contributed by atoms with E-state index < -0.39 is 0 Å². The molecule has 0 unspecified atom stereocenters. The van der Waals surface area contributed by atoms with Crippen LogP contribution in [0.4, 0.5) is 0 Å². The molecule has 0 N–H and O–H groups in total. The average molecular weight is 518 g/mol. The first-order chi connectivity index (χ1) is 18.3. The standard InChI is InChI=1S/C35H69N2/c1-4-7-10-12-14-15-16-17-18-19-20-21-22-23-24-26-28-30-35-36(31-9-6-3)33-34-37(35)32-29-27-25-13-11-8-5-2/h33-34H,4-32H2,1-3H3/q+1. The van der Waals surface area contributed by atoms with Crippen molar-refractivity contribution >= 4 is 0 Å². The lowest BCUT2D eigenvalue weighted by Crippen LogP contribution is -2.37. The molecular weight excluding hydrogens is 448 g/mol. The molecular formula is C35H69N2+. The Morgan fingerprint density at radius 2 is 0.838 bits per heavy atom. The van der Waals surface area contributed by atoms with E-state index in [0.717, 1.165) is 0 Å². The molecule has 0 atom stereocenters. The minimum atomic E-state index is 1.20. The monoisotopic (exact) mass is 518 g/mol. The predicted octanol–water partition coefficient (Wildman–Crippen LogP) is 11.5. The molecule has 0 saturated carbocycles. The van der Waals surface area contributed by atoms with E-state index in [9.17, 15) is 0 Å². The Bertz CT molecular complexity index is 576. The van der Waals surface area contributed by atoms with E-state index in [1.807, 2.05) is 0 Å². The van der Waals surface area contributed by atoms with Crippen molar-refractivity contribution in [3.8, 4) is 0 Å². The highest BCUT2D eigenvalue weighted by molar-refractivity contribution is 4.84. The van der Waals surface area contributed by atoms with Gasteiger partial charge in [0.15, 0.2) is 0 Å². The maximum Gasteiger partial charge on any atom is 0.256 e. The van der Waals surface area contributed by atoms with Gasteiger partial charge in [0.1, 0.15) is 12.4 Å². The second-order valence-electron chi connectivity index (χ2n) is 12.0. The van der Waals surface area contributed by atoms with Crippen LogP contribution in [-0.4, -0.2) is 4.57 Å². The van der Waals surface area contributed by atoms with Gasteiger partial charge in [-0.2, -0.15) is 0 Å². The third-order valence-corrected chi connectivity index (χ3v) is 8.35. The molecule has 1 aromatic heterocycles. The van der Waals surface area contributed by atoms with Gasteiger partial charge in [-0.05, 0) is 25.7 Å². The molecule has 2 heteroatoms. The number of rotatable bonds is 29. The molecule has 1 aromatic rings. The summed E-state index contributed by atoms with van der Waals surface area (Å²) in [5.41, 5.74) is 0. The predicted molar refractivity (Wildman–Crippen MR) is 165 cm³/mol. The molecule has 0 radical (unpaired) electrons. The first kappa shape index (κ1) is 34.2. The van der Waals surface area contributed by atoms with E-state index in [4.69, 9.17) is 0 Å². The highest BCUT2D eigenvalue weighted by Crippen LogP contribution is 2.15. The number of unbranched alkanes of at least 4 members (excludes halogenated alkanes) is 23. The Morgan fingerprint density at radius 3 is 1.27 bits per heavy atom. The molecule has 0 fully saturated rings. The summed E-state index contributed by atoms with van der Waals surface area (Å²) < 4.78 is 5.16. The van der Waals surface area contributed by atoms with Crippen molar-refractivity contribution in [2.45, 2.75) is 207 Å². The molecule has 0 aromatic carbocycles. The average Bonchev–Trinajstić information content (AvgIpc) is 3.29. The number of aromatic nitrogens is 2. The topological polar surface area (TPSA) is 8.81 Å². The molecule has 0 aliphatic carbocycles. The van der Waals surface area contributed by atoms with Crippen LogP contribution in [0.2, 0.25) is 0 Å². The van der Waals surface area contributed by atoms with E-state index in [-0.39, 0.29) is 0 Å². The van der Waals surface area contributed by atoms with Gasteiger partial charge in [0.25, 0.3) is 5.82 Å². The SMILES string of the molecule is CCCCCCCCCCCCCCCCCCCc1n(CCCC)cc[n+]1CCCCCCCCC. The van der Waals surface area contributed by atoms with Gasteiger partial charge in [-0.15, -0.1) is 0 Å². The van der Waals surface area contributed by atoms with E-state index in [0.29, 0.717) is 0 Å². The van der Waals surface area contributed by atoms with Crippen LogP contribution in [0.1, 0.15) is 194 Å². The summed E-state index contributed by atoms with van der Waals surface area (Å²) in [6.07, 6.45) is 43.1. The fourth-order valence-corrected chi connectivity index (χ4v) is 5.77. The van der Waals surface area contributed by atoms with E-state index in [2.05, 4.69) is 42.3 Å². The first-order valence-corrected chi connectivity index (χ1v) is 17.4. The lowest BCUT2D eigenvalue weighted by atomic mass is 10.0. The van der Waals surface area contributed by atoms with Gasteiger partial charge in [-0.25, -0.2) is 9.13 Å². The number of hydrogen-bond acceptors (Lipinski definition) is 0. The van der Waals surface area contributed by atoms with Crippen molar-refractivity contribution in [1.29, 1.82) is 0 Å². The molecule has 2 nitrogen and oxygen atoms in total. The molecule has 0 amide bonds. The van der Waals surface area contributed by atoms with Gasteiger partial charge in [-0.1, -0.05) is 162 Å². The van der Waals surface area contributed by atoms with Crippen molar-refractivity contribution in [2.24, 2.45) is 0 Å². The van der Waals surface area contributed by atoms with Crippen LogP contribution >= 0.6 is 0 Å². The van der Waals surface area contributed by atoms with Crippen LogP contribution < -0.4 is 4.57 Å². The number of aryl methyl sites for hydroxylation is 2. The number of nitrogens with zero attached hydrogens (tertiary/aromatic N) is 2. The summed E-state index contributed by atoms with van der Waals surface area (Å²) in [6.45, 7) is 9.35. The van der Waals surface area contributed by atoms with Gasteiger partial charge in [0.05, 0.1) is 13.1 Å². The summed E-state index contributed by atoms with van der Waals surface area (Å²) in [6, 6.07) is 0. The van der Waals surface area contributed by atoms with Crippen LogP contribution in [0.5, 0.6) is 0 Å². The maximum absolute atomic E-state index is 2.59. The van der Waals surface area contributed by atoms with Crippen LogP contribution in [-0.2, 0) is 19.5 Å². The second kappa shape index (κ2) is 26.8. The molecule has 0 spiro atoms. The van der Waals surface area contributed by atoms with E-state index in [1.165, 1.54) is 186 Å². The van der Waals surface area contributed by atoms with Crippen molar-refractivity contribution in [1.82, 2.24) is 4.57 Å². The molecule has 0 bridgehead atoms. The quantitative estimate of drug-likeness (QED) is 0.0737. The van der Waals surface area contributed by atoms with E-state index in [1.54, 1.807) is 5.82 Å². The Labute approximate surface area is 234 Å². The van der Waals surface area contributed by atoms with Crippen molar-refractivity contribution < 1.29 is 4.57 Å².